The summed E-state index contributed by atoms with van der Waals surface area (Å²) in [6.07, 6.45) is 0. The van der Waals surface area contributed by atoms with Crippen molar-refractivity contribution in [3.8, 4) is 5.75 Å². The van der Waals surface area contributed by atoms with Crippen LogP contribution in [0.25, 0.3) is 0 Å². The van der Waals surface area contributed by atoms with Gasteiger partial charge < -0.3 is 15.4 Å². The normalized spacial score (nSPS) is 9.91. The Kier molecular flexibility index (Phi) is 5.29. The Morgan fingerprint density at radius 1 is 1.23 bits per heavy atom. The highest BCUT2D eigenvalue weighted by atomic mass is 79.9. The van der Waals surface area contributed by atoms with Gasteiger partial charge in [0.2, 0.25) is 0 Å². The first-order valence-electron chi connectivity index (χ1n) is 6.16. The van der Waals surface area contributed by atoms with Crippen LogP contribution in [0.4, 0.5) is 17.1 Å². The molecule has 22 heavy (non-hydrogen) atoms. The highest BCUT2D eigenvalue weighted by molar-refractivity contribution is 9.10. The molecule has 0 heterocycles. The number of nitrogens with one attached hydrogen (secondary N) is 2. The molecule has 2 N–H and O–H groups in total. The lowest BCUT2D eigenvalue weighted by Gasteiger charge is -2.14. The molecule has 0 spiro atoms. The number of hydrogen-bond acceptors (Lipinski definition) is 4. The van der Waals surface area contributed by atoms with Crippen LogP contribution in [0.1, 0.15) is 0 Å². The van der Waals surface area contributed by atoms with E-state index in [1.165, 1.54) is 19.2 Å². The zero-order chi connectivity index (χ0) is 16.1. The van der Waals surface area contributed by atoms with Gasteiger partial charge in [0, 0.05) is 10.5 Å². The summed E-state index contributed by atoms with van der Waals surface area (Å²) in [5, 5.41) is 17.1. The van der Waals surface area contributed by atoms with Crippen LogP contribution in [0, 0.1) is 10.1 Å². The first kappa shape index (κ1) is 16.2. The van der Waals surface area contributed by atoms with Crippen molar-refractivity contribution in [3.63, 3.8) is 0 Å². The smallest absolute Gasteiger partial charge is 0.273 e. The SMILES string of the molecule is COc1cc([N+](=O)[O-])ccc1NC(=S)Nc1ccccc1Br. The summed E-state index contributed by atoms with van der Waals surface area (Å²) in [5.74, 6) is 0.338. The maximum atomic E-state index is 10.8. The van der Waals surface area contributed by atoms with Crippen LogP contribution in [0.5, 0.6) is 5.75 Å². The van der Waals surface area contributed by atoms with Crippen LogP contribution in [-0.2, 0) is 0 Å². The van der Waals surface area contributed by atoms with Gasteiger partial charge in [-0.05, 0) is 46.3 Å². The standard InChI is InChI=1S/C14H12BrN3O3S/c1-21-13-8-9(18(19)20)6-7-12(13)17-14(22)16-11-5-3-2-4-10(11)15/h2-8H,1H3,(H2,16,17,22). The topological polar surface area (TPSA) is 76.4 Å². The number of anilines is 2. The highest BCUT2D eigenvalue weighted by Crippen LogP contribution is 2.29. The fourth-order valence-corrected chi connectivity index (χ4v) is 2.34. The van der Waals surface area contributed by atoms with Crippen LogP contribution < -0.4 is 15.4 Å². The number of nitro groups is 1. The van der Waals surface area contributed by atoms with Crippen molar-refractivity contribution >= 4 is 50.3 Å². The lowest BCUT2D eigenvalue weighted by molar-refractivity contribution is -0.384. The van der Waals surface area contributed by atoms with Crippen molar-refractivity contribution in [1.29, 1.82) is 0 Å². The molecular formula is C14H12BrN3O3S. The van der Waals surface area contributed by atoms with Crippen molar-refractivity contribution in [1.82, 2.24) is 0 Å². The van der Waals surface area contributed by atoms with Gasteiger partial charge in [-0.2, -0.15) is 0 Å². The fraction of sp³-hybridized carbons (Fsp3) is 0.0714. The zero-order valence-electron chi connectivity index (χ0n) is 11.5. The molecule has 8 heteroatoms. The summed E-state index contributed by atoms with van der Waals surface area (Å²) >= 11 is 8.65. The molecule has 2 rings (SSSR count). The van der Waals surface area contributed by atoms with Crippen molar-refractivity contribution in [3.05, 3.63) is 57.1 Å². The van der Waals surface area contributed by atoms with Crippen molar-refractivity contribution in [2.24, 2.45) is 0 Å². The average molecular weight is 382 g/mol. The molecule has 6 nitrogen and oxygen atoms in total. The van der Waals surface area contributed by atoms with E-state index in [9.17, 15) is 10.1 Å². The number of methoxy groups -OCH3 is 1. The predicted molar refractivity (Wildman–Crippen MR) is 93.6 cm³/mol. The summed E-state index contributed by atoms with van der Waals surface area (Å²) in [6, 6.07) is 11.8. The van der Waals surface area contributed by atoms with Gasteiger partial charge in [0.1, 0.15) is 5.75 Å². The lowest BCUT2D eigenvalue weighted by Crippen LogP contribution is -2.19. The van der Waals surface area contributed by atoms with E-state index < -0.39 is 4.92 Å². The van der Waals surface area contributed by atoms with Gasteiger partial charge in [0.25, 0.3) is 5.69 Å². The van der Waals surface area contributed by atoms with Crippen molar-refractivity contribution < 1.29 is 9.66 Å². The molecule has 0 saturated heterocycles. The number of halogens is 1. The molecule has 0 atom stereocenters. The maximum absolute atomic E-state index is 10.8. The molecule has 0 bridgehead atoms. The minimum atomic E-state index is -0.482. The largest absolute Gasteiger partial charge is 0.494 e. The molecule has 0 aliphatic heterocycles. The molecule has 114 valence electrons. The first-order chi connectivity index (χ1) is 10.5. The molecule has 2 aromatic carbocycles. The molecule has 0 radical (unpaired) electrons. The molecule has 0 aliphatic rings. The molecule has 0 fully saturated rings. The number of benzene rings is 2. The molecule has 2 aromatic rings. The van der Waals surface area contributed by atoms with Crippen LogP contribution >= 0.6 is 28.1 Å². The number of hydrogen-bond donors (Lipinski definition) is 2. The van der Waals surface area contributed by atoms with Gasteiger partial charge in [0.15, 0.2) is 5.11 Å². The Morgan fingerprint density at radius 3 is 2.55 bits per heavy atom. The second-order valence-corrected chi connectivity index (χ2v) is 5.46. The van der Waals surface area contributed by atoms with E-state index in [0.29, 0.717) is 16.5 Å². The average Bonchev–Trinajstić information content (AvgIpc) is 2.49. The van der Waals surface area contributed by atoms with E-state index in [1.54, 1.807) is 6.07 Å². The van der Waals surface area contributed by atoms with Crippen molar-refractivity contribution in [2.75, 3.05) is 17.7 Å². The van der Waals surface area contributed by atoms with Gasteiger partial charge in [-0.3, -0.25) is 10.1 Å². The van der Waals surface area contributed by atoms with Crippen LogP contribution in [0.2, 0.25) is 0 Å². The Morgan fingerprint density at radius 2 is 1.91 bits per heavy atom. The number of nitrogens with zero attached hydrogens (tertiary/aromatic N) is 1. The van der Waals surface area contributed by atoms with Gasteiger partial charge >= 0.3 is 0 Å². The number of non-ortho nitro benzene ring substituents is 1. The van der Waals surface area contributed by atoms with E-state index in [0.717, 1.165) is 10.2 Å². The molecule has 0 aliphatic carbocycles. The monoisotopic (exact) mass is 381 g/mol. The Balaban J connectivity index is 2.15. The number of nitro benzene ring substituents is 1. The van der Waals surface area contributed by atoms with Crippen LogP contribution in [0.15, 0.2) is 46.9 Å². The minimum absolute atomic E-state index is 0.0490. The Labute approximate surface area is 140 Å². The van der Waals surface area contributed by atoms with Gasteiger partial charge in [-0.1, -0.05) is 12.1 Å². The van der Waals surface area contributed by atoms with Crippen LogP contribution in [-0.4, -0.2) is 17.1 Å². The summed E-state index contributed by atoms with van der Waals surface area (Å²) in [4.78, 5) is 10.3. The summed E-state index contributed by atoms with van der Waals surface area (Å²) in [7, 11) is 1.44. The van der Waals surface area contributed by atoms with E-state index in [-0.39, 0.29) is 5.69 Å². The summed E-state index contributed by atoms with van der Waals surface area (Å²) in [5.41, 5.74) is 1.30. The van der Waals surface area contributed by atoms with E-state index in [1.807, 2.05) is 24.3 Å². The maximum Gasteiger partial charge on any atom is 0.273 e. The molecule has 0 unspecified atom stereocenters. The van der Waals surface area contributed by atoms with Gasteiger partial charge in [0.05, 0.1) is 29.5 Å². The van der Waals surface area contributed by atoms with Crippen LogP contribution in [0.3, 0.4) is 0 Å². The summed E-state index contributed by atoms with van der Waals surface area (Å²) < 4.78 is 6.02. The second kappa shape index (κ2) is 7.19. The predicted octanol–water partition coefficient (Wildman–Crippen LogP) is 4.17. The van der Waals surface area contributed by atoms with E-state index in [2.05, 4.69) is 26.6 Å². The lowest BCUT2D eigenvalue weighted by atomic mass is 10.2. The van der Waals surface area contributed by atoms with E-state index >= 15 is 0 Å². The molecular weight excluding hydrogens is 370 g/mol. The second-order valence-electron chi connectivity index (χ2n) is 4.20. The van der Waals surface area contributed by atoms with Gasteiger partial charge in [-0.15, -0.1) is 0 Å². The number of rotatable bonds is 4. The Bertz CT molecular complexity index is 724. The molecule has 0 saturated carbocycles. The number of para-hydroxylation sites is 1. The summed E-state index contributed by atoms with van der Waals surface area (Å²) in [6.45, 7) is 0. The first-order valence-corrected chi connectivity index (χ1v) is 7.36. The van der Waals surface area contributed by atoms with Crippen molar-refractivity contribution in [2.45, 2.75) is 0 Å². The highest BCUT2D eigenvalue weighted by Gasteiger charge is 2.12. The third-order valence-electron chi connectivity index (χ3n) is 2.77. The minimum Gasteiger partial charge on any atom is -0.494 e. The zero-order valence-corrected chi connectivity index (χ0v) is 13.9. The molecule has 0 aromatic heterocycles. The van der Waals surface area contributed by atoms with E-state index in [4.69, 9.17) is 17.0 Å². The quantitative estimate of drug-likeness (QED) is 0.470. The Hall–Kier alpha value is -2.19. The third-order valence-corrected chi connectivity index (χ3v) is 3.66. The number of ether oxygens (including phenoxy) is 1. The third kappa shape index (κ3) is 3.92. The number of thiocarbonyl (C=S) groups is 1. The fourth-order valence-electron chi connectivity index (χ4n) is 1.74. The molecule has 0 amide bonds. The van der Waals surface area contributed by atoms with Gasteiger partial charge in [-0.25, -0.2) is 0 Å².